The van der Waals surface area contributed by atoms with E-state index in [0.717, 1.165) is 37.7 Å². The molecule has 1 aromatic rings. The van der Waals surface area contributed by atoms with Crippen molar-refractivity contribution in [3.05, 3.63) is 34.9 Å². The molecular weight excluding hydrogens is 262 g/mol. The zero-order chi connectivity index (χ0) is 13.8. The van der Waals surface area contributed by atoms with Gasteiger partial charge >= 0.3 is 6.03 Å². The zero-order valence-corrected chi connectivity index (χ0v) is 12.2. The van der Waals surface area contributed by atoms with E-state index >= 15 is 0 Å². The number of hydrogen-bond donors (Lipinski definition) is 0. The smallest absolute Gasteiger partial charge is 0.319 e. The van der Waals surface area contributed by atoms with Gasteiger partial charge in [-0.05, 0) is 17.7 Å². The quantitative estimate of drug-likeness (QED) is 0.830. The monoisotopic (exact) mass is 281 g/mol. The molecule has 0 bridgehead atoms. The minimum Gasteiger partial charge on any atom is -0.331 e. The Morgan fingerprint density at radius 3 is 2.53 bits per heavy atom. The molecule has 2 rings (SSSR count). The van der Waals surface area contributed by atoms with E-state index in [1.807, 2.05) is 23.1 Å². The molecule has 4 nitrogen and oxygen atoms in total. The average Bonchev–Trinajstić information content (AvgIpc) is 2.39. The summed E-state index contributed by atoms with van der Waals surface area (Å²) >= 11 is 5.99. The van der Waals surface area contributed by atoms with Crippen molar-refractivity contribution in [1.29, 1.82) is 0 Å². The first-order valence-electron chi connectivity index (χ1n) is 6.49. The molecule has 2 amide bonds. The average molecular weight is 282 g/mol. The van der Waals surface area contributed by atoms with Crippen molar-refractivity contribution in [1.82, 2.24) is 14.7 Å². The van der Waals surface area contributed by atoms with Crippen LogP contribution in [-0.2, 0) is 6.54 Å². The molecular formula is C14H20ClN3O. The maximum Gasteiger partial charge on any atom is 0.319 e. The molecule has 1 aliphatic rings. The second-order valence-corrected chi connectivity index (χ2v) is 5.51. The van der Waals surface area contributed by atoms with E-state index < -0.39 is 0 Å². The molecule has 19 heavy (non-hydrogen) atoms. The highest BCUT2D eigenvalue weighted by Gasteiger charge is 2.21. The van der Waals surface area contributed by atoms with Crippen LogP contribution in [0, 0.1) is 0 Å². The van der Waals surface area contributed by atoms with Crippen molar-refractivity contribution < 1.29 is 4.79 Å². The Kier molecular flexibility index (Phi) is 4.66. The van der Waals surface area contributed by atoms with Gasteiger partial charge in [-0.2, -0.15) is 0 Å². The lowest BCUT2D eigenvalue weighted by Gasteiger charge is -2.35. The van der Waals surface area contributed by atoms with Gasteiger partial charge in [-0.1, -0.05) is 23.7 Å². The fourth-order valence-corrected chi connectivity index (χ4v) is 2.49. The van der Waals surface area contributed by atoms with Crippen molar-refractivity contribution in [2.45, 2.75) is 6.54 Å². The number of halogens is 1. The third-order valence-corrected chi connectivity index (χ3v) is 3.56. The summed E-state index contributed by atoms with van der Waals surface area (Å²) < 4.78 is 0. The van der Waals surface area contributed by atoms with Gasteiger partial charge in [0.15, 0.2) is 0 Å². The van der Waals surface area contributed by atoms with Crippen LogP contribution in [-0.4, -0.2) is 61.0 Å². The van der Waals surface area contributed by atoms with Gasteiger partial charge in [-0.15, -0.1) is 0 Å². The van der Waals surface area contributed by atoms with Crippen LogP contribution >= 0.6 is 11.6 Å². The summed E-state index contributed by atoms with van der Waals surface area (Å²) in [7, 11) is 3.58. The summed E-state index contributed by atoms with van der Waals surface area (Å²) in [6.45, 7) is 4.29. The highest BCUT2D eigenvalue weighted by atomic mass is 35.5. The summed E-state index contributed by atoms with van der Waals surface area (Å²) in [6, 6.07) is 8.05. The Bertz CT molecular complexity index is 442. The second kappa shape index (κ2) is 6.26. The predicted octanol–water partition coefficient (Wildman–Crippen LogP) is 2.14. The van der Waals surface area contributed by atoms with Gasteiger partial charge in [0.05, 0.1) is 0 Å². The predicted molar refractivity (Wildman–Crippen MR) is 77.4 cm³/mol. The molecule has 1 heterocycles. The Morgan fingerprint density at radius 1 is 1.26 bits per heavy atom. The fourth-order valence-electron chi connectivity index (χ4n) is 2.27. The molecule has 0 atom stereocenters. The maximum absolute atomic E-state index is 11.8. The lowest BCUT2D eigenvalue weighted by molar-refractivity contribution is 0.120. The van der Waals surface area contributed by atoms with Crippen LogP contribution < -0.4 is 0 Å². The lowest BCUT2D eigenvalue weighted by atomic mass is 10.2. The van der Waals surface area contributed by atoms with E-state index in [9.17, 15) is 4.79 Å². The first-order chi connectivity index (χ1) is 9.06. The third-order valence-electron chi connectivity index (χ3n) is 3.32. The minimum absolute atomic E-state index is 0.0994. The van der Waals surface area contributed by atoms with Gasteiger partial charge in [-0.25, -0.2) is 4.79 Å². The number of carbonyl (C=O) groups excluding carboxylic acids is 1. The van der Waals surface area contributed by atoms with Crippen molar-refractivity contribution in [3.8, 4) is 0 Å². The van der Waals surface area contributed by atoms with Gasteiger partial charge in [0.2, 0.25) is 0 Å². The number of hydrogen-bond acceptors (Lipinski definition) is 2. The lowest BCUT2D eigenvalue weighted by Crippen LogP contribution is -2.51. The molecule has 0 saturated carbocycles. The van der Waals surface area contributed by atoms with Crippen molar-refractivity contribution >= 4 is 17.6 Å². The molecule has 0 aromatic heterocycles. The third kappa shape index (κ3) is 3.85. The number of nitrogens with zero attached hydrogens (tertiary/aromatic N) is 3. The van der Waals surface area contributed by atoms with Crippen molar-refractivity contribution in [3.63, 3.8) is 0 Å². The molecule has 1 aromatic carbocycles. The van der Waals surface area contributed by atoms with Gasteiger partial charge < -0.3 is 9.80 Å². The Balaban J connectivity index is 1.85. The van der Waals surface area contributed by atoms with Crippen LogP contribution in [0.2, 0.25) is 5.02 Å². The Morgan fingerprint density at radius 2 is 1.95 bits per heavy atom. The summed E-state index contributed by atoms with van der Waals surface area (Å²) in [4.78, 5) is 17.7. The topological polar surface area (TPSA) is 26.8 Å². The van der Waals surface area contributed by atoms with Crippen LogP contribution in [0.1, 0.15) is 5.56 Å². The highest BCUT2D eigenvalue weighted by Crippen LogP contribution is 2.14. The van der Waals surface area contributed by atoms with E-state index in [1.165, 1.54) is 5.56 Å². The molecule has 1 aliphatic heterocycles. The first kappa shape index (κ1) is 14.2. The Hall–Kier alpha value is -1.26. The largest absolute Gasteiger partial charge is 0.331 e. The summed E-state index contributed by atoms with van der Waals surface area (Å²) in [5.74, 6) is 0. The molecule has 0 radical (unpaired) electrons. The molecule has 104 valence electrons. The molecule has 0 spiro atoms. The van der Waals surface area contributed by atoms with Crippen LogP contribution in [0.4, 0.5) is 4.79 Å². The molecule has 1 fully saturated rings. The van der Waals surface area contributed by atoms with E-state index in [-0.39, 0.29) is 6.03 Å². The first-order valence-corrected chi connectivity index (χ1v) is 6.87. The molecule has 0 N–H and O–H groups in total. The molecule has 0 aliphatic carbocycles. The maximum atomic E-state index is 11.8. The minimum atomic E-state index is 0.0994. The summed E-state index contributed by atoms with van der Waals surface area (Å²) in [5, 5.41) is 0.777. The normalized spacial score (nSPS) is 16.5. The molecule has 0 unspecified atom stereocenters. The van der Waals surface area contributed by atoms with E-state index in [4.69, 9.17) is 11.6 Å². The molecule has 1 saturated heterocycles. The van der Waals surface area contributed by atoms with Crippen LogP contribution in [0.25, 0.3) is 0 Å². The van der Waals surface area contributed by atoms with E-state index in [2.05, 4.69) is 11.0 Å². The summed E-state index contributed by atoms with van der Waals surface area (Å²) in [5.41, 5.74) is 1.22. The van der Waals surface area contributed by atoms with Gasteiger partial charge in [0, 0.05) is 51.8 Å². The standard InChI is InChI=1S/C14H20ClN3O/c1-16(2)14(19)18-8-6-17(7-9-18)11-12-4-3-5-13(15)10-12/h3-5,10H,6-9,11H2,1-2H3. The zero-order valence-electron chi connectivity index (χ0n) is 11.5. The number of piperazine rings is 1. The Labute approximate surface area is 119 Å². The van der Waals surface area contributed by atoms with Crippen molar-refractivity contribution in [2.24, 2.45) is 0 Å². The molecule has 5 heteroatoms. The number of carbonyl (C=O) groups is 1. The van der Waals surface area contributed by atoms with Crippen molar-refractivity contribution in [2.75, 3.05) is 40.3 Å². The number of rotatable bonds is 2. The van der Waals surface area contributed by atoms with Crippen LogP contribution in [0.15, 0.2) is 24.3 Å². The fraction of sp³-hybridized carbons (Fsp3) is 0.500. The number of benzene rings is 1. The number of amides is 2. The second-order valence-electron chi connectivity index (χ2n) is 5.07. The highest BCUT2D eigenvalue weighted by molar-refractivity contribution is 6.30. The number of urea groups is 1. The van der Waals surface area contributed by atoms with Gasteiger partial charge in [-0.3, -0.25) is 4.90 Å². The van der Waals surface area contributed by atoms with Crippen LogP contribution in [0.5, 0.6) is 0 Å². The van der Waals surface area contributed by atoms with Crippen LogP contribution in [0.3, 0.4) is 0 Å². The van der Waals surface area contributed by atoms with E-state index in [0.29, 0.717) is 0 Å². The van der Waals surface area contributed by atoms with E-state index in [1.54, 1.807) is 19.0 Å². The van der Waals surface area contributed by atoms with Gasteiger partial charge in [0.25, 0.3) is 0 Å². The summed E-state index contributed by atoms with van der Waals surface area (Å²) in [6.07, 6.45) is 0. The van der Waals surface area contributed by atoms with Gasteiger partial charge in [0.1, 0.15) is 0 Å². The SMILES string of the molecule is CN(C)C(=O)N1CCN(Cc2cccc(Cl)c2)CC1.